The third-order valence-corrected chi connectivity index (χ3v) is 5.67. The highest BCUT2D eigenvalue weighted by molar-refractivity contribution is 7.92. The number of sulfone groups is 1. The first kappa shape index (κ1) is 15.9. The summed E-state index contributed by atoms with van der Waals surface area (Å²) in [7, 11) is -1.72. The van der Waals surface area contributed by atoms with E-state index in [-0.39, 0.29) is 30.6 Å². The van der Waals surface area contributed by atoms with Crippen LogP contribution in [0.1, 0.15) is 26.2 Å². The Bertz CT molecular complexity index is 455. The van der Waals surface area contributed by atoms with Gasteiger partial charge in [0.15, 0.2) is 9.84 Å². The zero-order valence-corrected chi connectivity index (χ0v) is 12.1. The molecule has 0 saturated carbocycles. The molecule has 0 aliphatic carbocycles. The summed E-state index contributed by atoms with van der Waals surface area (Å²) < 4.78 is 29.4. The number of amides is 1. The molecule has 6 nitrogen and oxygen atoms in total. The van der Waals surface area contributed by atoms with Crippen molar-refractivity contribution >= 4 is 15.7 Å². The van der Waals surface area contributed by atoms with Crippen LogP contribution in [0.4, 0.5) is 0 Å². The van der Waals surface area contributed by atoms with Crippen LogP contribution in [0.5, 0.6) is 0 Å². The number of hydrogen-bond acceptors (Lipinski definition) is 5. The number of hydrogen-bond donors (Lipinski definition) is 0. The van der Waals surface area contributed by atoms with Gasteiger partial charge in [-0.1, -0.05) is 0 Å². The van der Waals surface area contributed by atoms with E-state index in [9.17, 15) is 13.2 Å². The Morgan fingerprint density at radius 1 is 1.53 bits per heavy atom. The van der Waals surface area contributed by atoms with Crippen molar-refractivity contribution in [1.29, 1.82) is 5.26 Å². The molecule has 0 radical (unpaired) electrons. The normalized spacial score (nSPS) is 23.0. The van der Waals surface area contributed by atoms with E-state index in [4.69, 9.17) is 10.00 Å². The molecule has 0 bridgehead atoms. The third kappa shape index (κ3) is 4.48. The highest BCUT2D eigenvalue weighted by Crippen LogP contribution is 2.22. The van der Waals surface area contributed by atoms with E-state index < -0.39 is 15.1 Å². The molecule has 0 aromatic rings. The van der Waals surface area contributed by atoms with Crippen LogP contribution in [0.15, 0.2) is 0 Å². The molecule has 1 heterocycles. The molecule has 0 aromatic carbocycles. The van der Waals surface area contributed by atoms with Crippen LogP contribution in [0.3, 0.4) is 0 Å². The molecule has 0 N–H and O–H groups in total. The molecular weight excluding hydrogens is 268 g/mol. The van der Waals surface area contributed by atoms with Crippen LogP contribution in [-0.2, 0) is 19.4 Å². The molecule has 108 valence electrons. The highest BCUT2D eigenvalue weighted by Gasteiger charge is 2.35. The van der Waals surface area contributed by atoms with Gasteiger partial charge in [-0.3, -0.25) is 4.79 Å². The second kappa shape index (κ2) is 6.87. The van der Waals surface area contributed by atoms with Crippen molar-refractivity contribution < 1.29 is 17.9 Å². The van der Waals surface area contributed by atoms with Gasteiger partial charge in [0.25, 0.3) is 0 Å². The van der Waals surface area contributed by atoms with E-state index in [0.29, 0.717) is 19.6 Å². The quantitative estimate of drug-likeness (QED) is 0.703. The van der Waals surface area contributed by atoms with Gasteiger partial charge in [-0.05, 0) is 13.3 Å². The zero-order chi connectivity index (χ0) is 14.5. The van der Waals surface area contributed by atoms with E-state index in [0.717, 1.165) is 0 Å². The smallest absolute Gasteiger partial charge is 0.223 e. The van der Waals surface area contributed by atoms with Crippen LogP contribution in [-0.4, -0.2) is 56.5 Å². The molecule has 2 atom stereocenters. The minimum absolute atomic E-state index is 0.0342. The van der Waals surface area contributed by atoms with Gasteiger partial charge < -0.3 is 9.64 Å². The fourth-order valence-corrected chi connectivity index (χ4v) is 3.98. The monoisotopic (exact) mass is 288 g/mol. The summed E-state index contributed by atoms with van der Waals surface area (Å²) in [6.07, 6.45) is 0.425. The Labute approximate surface area is 114 Å². The molecular formula is C12H20N2O4S. The zero-order valence-electron chi connectivity index (χ0n) is 11.3. The molecule has 1 aliphatic heterocycles. The first-order chi connectivity index (χ1) is 8.88. The number of nitriles is 1. The standard InChI is InChI=1S/C12H20N2O4S/c1-10-11(4-8-18-10)19(16,17)9-5-12(15)14(2)7-3-6-13/h10-11H,3-5,7-9H2,1-2H3. The summed E-state index contributed by atoms with van der Waals surface area (Å²) >= 11 is 0. The maximum atomic E-state index is 12.1. The van der Waals surface area contributed by atoms with Crippen LogP contribution in [0.25, 0.3) is 0 Å². The van der Waals surface area contributed by atoms with Crippen LogP contribution >= 0.6 is 0 Å². The Hall–Kier alpha value is -1.13. The lowest BCUT2D eigenvalue weighted by Crippen LogP contribution is -2.34. The molecule has 7 heteroatoms. The minimum atomic E-state index is -3.30. The molecule has 2 unspecified atom stereocenters. The molecule has 1 amide bonds. The van der Waals surface area contributed by atoms with E-state index in [2.05, 4.69) is 0 Å². The number of carbonyl (C=O) groups excluding carboxylic acids is 1. The van der Waals surface area contributed by atoms with Crippen molar-refractivity contribution in [2.75, 3.05) is 26.0 Å². The van der Waals surface area contributed by atoms with Gasteiger partial charge in [0, 0.05) is 26.6 Å². The van der Waals surface area contributed by atoms with Gasteiger partial charge in [0.2, 0.25) is 5.91 Å². The molecule has 1 aliphatic rings. The molecule has 1 rings (SSSR count). The fourth-order valence-electron chi connectivity index (χ4n) is 2.10. The highest BCUT2D eigenvalue weighted by atomic mass is 32.2. The van der Waals surface area contributed by atoms with Gasteiger partial charge in [-0.25, -0.2) is 8.42 Å². The van der Waals surface area contributed by atoms with E-state index in [1.807, 2.05) is 6.07 Å². The SMILES string of the molecule is CC1OCCC1S(=O)(=O)CCC(=O)N(C)CCC#N. The number of rotatable bonds is 6. The number of nitrogens with zero attached hydrogens (tertiary/aromatic N) is 2. The second-order valence-electron chi connectivity index (χ2n) is 4.74. The van der Waals surface area contributed by atoms with Crippen molar-refractivity contribution in [3.8, 4) is 6.07 Å². The topological polar surface area (TPSA) is 87.5 Å². The Kier molecular flexibility index (Phi) is 5.76. The molecule has 19 heavy (non-hydrogen) atoms. The average Bonchev–Trinajstić information content (AvgIpc) is 2.80. The van der Waals surface area contributed by atoms with Gasteiger partial charge in [-0.15, -0.1) is 0 Å². The lowest BCUT2D eigenvalue weighted by molar-refractivity contribution is -0.129. The largest absolute Gasteiger partial charge is 0.377 e. The second-order valence-corrected chi connectivity index (χ2v) is 7.08. The van der Waals surface area contributed by atoms with Crippen LogP contribution in [0, 0.1) is 11.3 Å². The fraction of sp³-hybridized carbons (Fsp3) is 0.833. The first-order valence-electron chi connectivity index (χ1n) is 6.32. The summed E-state index contributed by atoms with van der Waals surface area (Å²) in [4.78, 5) is 13.1. The van der Waals surface area contributed by atoms with E-state index in [1.165, 1.54) is 4.90 Å². The molecule has 1 fully saturated rings. The lowest BCUT2D eigenvalue weighted by atomic mass is 10.3. The Morgan fingerprint density at radius 3 is 2.74 bits per heavy atom. The van der Waals surface area contributed by atoms with Crippen molar-refractivity contribution in [3.63, 3.8) is 0 Å². The number of carbonyl (C=O) groups is 1. The maximum Gasteiger partial charge on any atom is 0.223 e. The van der Waals surface area contributed by atoms with Crippen LogP contribution in [0.2, 0.25) is 0 Å². The lowest BCUT2D eigenvalue weighted by Gasteiger charge is -2.17. The summed E-state index contributed by atoms with van der Waals surface area (Å²) in [5.74, 6) is -0.397. The van der Waals surface area contributed by atoms with Crippen molar-refractivity contribution in [1.82, 2.24) is 4.90 Å². The average molecular weight is 288 g/mol. The predicted molar refractivity (Wildman–Crippen MR) is 70.1 cm³/mol. The maximum absolute atomic E-state index is 12.1. The summed E-state index contributed by atoms with van der Waals surface area (Å²) in [6, 6.07) is 1.95. The van der Waals surface area contributed by atoms with E-state index in [1.54, 1.807) is 14.0 Å². The Balaban J connectivity index is 2.47. The third-order valence-electron chi connectivity index (χ3n) is 3.35. The van der Waals surface area contributed by atoms with Crippen molar-refractivity contribution in [3.05, 3.63) is 0 Å². The number of ether oxygens (including phenoxy) is 1. The summed E-state index contributed by atoms with van der Waals surface area (Å²) in [6.45, 7) is 2.54. The van der Waals surface area contributed by atoms with Gasteiger partial charge in [-0.2, -0.15) is 5.26 Å². The molecule has 0 spiro atoms. The van der Waals surface area contributed by atoms with Gasteiger partial charge >= 0.3 is 0 Å². The molecule has 0 aromatic heterocycles. The first-order valence-corrected chi connectivity index (χ1v) is 8.04. The van der Waals surface area contributed by atoms with Crippen LogP contribution < -0.4 is 0 Å². The Morgan fingerprint density at radius 2 is 2.21 bits per heavy atom. The van der Waals surface area contributed by atoms with Gasteiger partial charge in [0.05, 0.1) is 29.6 Å². The summed E-state index contributed by atoms with van der Waals surface area (Å²) in [5.41, 5.74) is 0. The van der Waals surface area contributed by atoms with Crippen molar-refractivity contribution in [2.24, 2.45) is 0 Å². The molecule has 1 saturated heterocycles. The minimum Gasteiger partial charge on any atom is -0.377 e. The van der Waals surface area contributed by atoms with Gasteiger partial charge in [0.1, 0.15) is 0 Å². The summed E-state index contributed by atoms with van der Waals surface area (Å²) in [5, 5.41) is 7.94. The van der Waals surface area contributed by atoms with E-state index >= 15 is 0 Å². The predicted octanol–water partition coefficient (Wildman–Crippen LogP) is 0.341. The van der Waals surface area contributed by atoms with Crippen molar-refractivity contribution in [2.45, 2.75) is 37.5 Å².